The van der Waals surface area contributed by atoms with Crippen molar-refractivity contribution in [1.29, 1.82) is 0 Å². The zero-order valence-corrected chi connectivity index (χ0v) is 16.0. The van der Waals surface area contributed by atoms with Gasteiger partial charge in [0.05, 0.1) is 11.7 Å². The van der Waals surface area contributed by atoms with Gasteiger partial charge in [-0.2, -0.15) is 0 Å². The van der Waals surface area contributed by atoms with E-state index in [2.05, 4.69) is 5.32 Å². The van der Waals surface area contributed by atoms with Gasteiger partial charge in [0.25, 0.3) is 11.8 Å². The van der Waals surface area contributed by atoms with Gasteiger partial charge in [0, 0.05) is 11.7 Å². The van der Waals surface area contributed by atoms with E-state index in [1.807, 2.05) is 82.3 Å². The summed E-state index contributed by atoms with van der Waals surface area (Å²) in [5, 5.41) is 3.14. The lowest BCUT2D eigenvalue weighted by molar-refractivity contribution is -0.138. The number of carbonyl (C=O) groups is 2. The van der Waals surface area contributed by atoms with Gasteiger partial charge in [-0.15, -0.1) is 0 Å². The highest BCUT2D eigenvalue weighted by molar-refractivity contribution is 6.36. The van der Waals surface area contributed by atoms with E-state index in [1.54, 1.807) is 0 Å². The van der Waals surface area contributed by atoms with Crippen molar-refractivity contribution in [3.05, 3.63) is 65.9 Å². The number of hydrogen-bond donors (Lipinski definition) is 1. The summed E-state index contributed by atoms with van der Waals surface area (Å²) in [4.78, 5) is 27.2. The minimum absolute atomic E-state index is 0.0662. The minimum atomic E-state index is -0.309. The molecule has 2 aromatic carbocycles. The van der Waals surface area contributed by atoms with Crippen molar-refractivity contribution in [1.82, 2.24) is 4.90 Å². The molecule has 1 heterocycles. The van der Waals surface area contributed by atoms with Crippen molar-refractivity contribution < 1.29 is 14.3 Å². The normalized spacial score (nSPS) is 14.5. The third kappa shape index (κ3) is 3.87. The van der Waals surface area contributed by atoms with E-state index in [9.17, 15) is 9.59 Å². The first-order valence-electron chi connectivity index (χ1n) is 9.09. The van der Waals surface area contributed by atoms with Gasteiger partial charge in [-0.1, -0.05) is 30.3 Å². The van der Waals surface area contributed by atoms with Crippen LogP contribution in [0.3, 0.4) is 0 Å². The molecule has 1 aliphatic rings. The molecule has 140 valence electrons. The maximum Gasteiger partial charge on any atom is 0.278 e. The number of ether oxygens (including phenoxy) is 1. The summed E-state index contributed by atoms with van der Waals surface area (Å²) in [7, 11) is 0. The maximum atomic E-state index is 13.0. The van der Waals surface area contributed by atoms with Crippen LogP contribution in [0, 0.1) is 0 Å². The lowest BCUT2D eigenvalue weighted by Gasteiger charge is -2.19. The number of amides is 2. The van der Waals surface area contributed by atoms with E-state index in [0.717, 1.165) is 11.4 Å². The van der Waals surface area contributed by atoms with E-state index in [1.165, 1.54) is 4.90 Å². The Bertz CT molecular complexity index is 868. The summed E-state index contributed by atoms with van der Waals surface area (Å²) in [6.45, 7) is 7.58. The molecular formula is C22H24N2O3. The summed E-state index contributed by atoms with van der Waals surface area (Å²) in [6, 6.07) is 16.4. The molecule has 5 heteroatoms. The highest BCUT2D eigenvalue weighted by atomic mass is 16.5. The molecule has 0 aliphatic carbocycles. The maximum absolute atomic E-state index is 13.0. The molecule has 2 aromatic rings. The molecule has 0 radical (unpaired) electrons. The average Bonchev–Trinajstić information content (AvgIpc) is 2.86. The number of rotatable bonds is 6. The number of nitrogens with one attached hydrogen (secondary N) is 1. The van der Waals surface area contributed by atoms with Gasteiger partial charge in [-0.25, -0.2) is 0 Å². The molecule has 27 heavy (non-hydrogen) atoms. The van der Waals surface area contributed by atoms with Crippen LogP contribution in [-0.4, -0.2) is 28.9 Å². The van der Waals surface area contributed by atoms with Gasteiger partial charge in [-0.05, 0) is 57.5 Å². The first-order valence-corrected chi connectivity index (χ1v) is 9.09. The van der Waals surface area contributed by atoms with Crippen molar-refractivity contribution in [2.45, 2.75) is 39.8 Å². The molecule has 0 bridgehead atoms. The topological polar surface area (TPSA) is 58.6 Å². The van der Waals surface area contributed by atoms with Crippen molar-refractivity contribution in [3.8, 4) is 5.75 Å². The van der Waals surface area contributed by atoms with Crippen molar-refractivity contribution in [2.24, 2.45) is 0 Å². The monoisotopic (exact) mass is 364 g/mol. The number of para-hydroxylation sites is 1. The Morgan fingerprint density at radius 1 is 0.852 bits per heavy atom. The highest BCUT2D eigenvalue weighted by Crippen LogP contribution is 2.32. The van der Waals surface area contributed by atoms with Crippen LogP contribution >= 0.6 is 0 Å². The van der Waals surface area contributed by atoms with E-state index in [4.69, 9.17) is 4.74 Å². The highest BCUT2D eigenvalue weighted by Gasteiger charge is 2.40. The molecule has 0 saturated heterocycles. The van der Waals surface area contributed by atoms with E-state index in [-0.39, 0.29) is 24.0 Å². The zero-order valence-electron chi connectivity index (χ0n) is 16.0. The van der Waals surface area contributed by atoms with Crippen LogP contribution in [0.1, 0.15) is 33.3 Å². The van der Waals surface area contributed by atoms with Gasteiger partial charge < -0.3 is 10.1 Å². The van der Waals surface area contributed by atoms with E-state index in [0.29, 0.717) is 16.8 Å². The largest absolute Gasteiger partial charge is 0.491 e. The number of hydrogen-bond acceptors (Lipinski definition) is 4. The number of imide groups is 1. The van der Waals surface area contributed by atoms with Crippen LogP contribution in [0.4, 0.5) is 5.69 Å². The number of nitrogens with zero attached hydrogens (tertiary/aromatic N) is 1. The molecule has 0 saturated carbocycles. The molecule has 3 rings (SSSR count). The van der Waals surface area contributed by atoms with Gasteiger partial charge in [0.1, 0.15) is 11.4 Å². The number of carbonyl (C=O) groups excluding carboxylic acids is 2. The quantitative estimate of drug-likeness (QED) is 0.785. The predicted octanol–water partition coefficient (Wildman–Crippen LogP) is 4.07. The molecule has 0 atom stereocenters. The van der Waals surface area contributed by atoms with E-state index >= 15 is 0 Å². The fraction of sp³-hybridized carbons (Fsp3) is 0.273. The Morgan fingerprint density at radius 3 is 2.04 bits per heavy atom. The molecule has 0 spiro atoms. The molecule has 1 N–H and O–H groups in total. The van der Waals surface area contributed by atoms with Crippen molar-refractivity contribution in [2.75, 3.05) is 5.32 Å². The summed E-state index contributed by atoms with van der Waals surface area (Å²) >= 11 is 0. The lowest BCUT2D eigenvalue weighted by atomic mass is 10.0. The van der Waals surface area contributed by atoms with Crippen molar-refractivity contribution >= 4 is 23.1 Å². The first kappa shape index (κ1) is 18.7. The Balaban J connectivity index is 2.02. The van der Waals surface area contributed by atoms with Gasteiger partial charge in [0.15, 0.2) is 0 Å². The second-order valence-corrected chi connectivity index (χ2v) is 7.01. The van der Waals surface area contributed by atoms with Crippen LogP contribution < -0.4 is 10.1 Å². The fourth-order valence-electron chi connectivity index (χ4n) is 3.04. The molecule has 0 fully saturated rings. The molecule has 5 nitrogen and oxygen atoms in total. The molecule has 0 unspecified atom stereocenters. The summed E-state index contributed by atoms with van der Waals surface area (Å²) < 4.78 is 5.67. The smallest absolute Gasteiger partial charge is 0.278 e. The van der Waals surface area contributed by atoms with Gasteiger partial charge in [-0.3, -0.25) is 14.5 Å². The standard InChI is InChI=1S/C22H24N2O3/c1-14(2)24-21(25)19(16-10-12-18(13-11-16)27-15(3)4)20(22(24)26)23-17-8-6-5-7-9-17/h5-15,23H,1-4H3. The predicted molar refractivity (Wildman–Crippen MR) is 106 cm³/mol. The molecule has 1 aliphatic heterocycles. The zero-order chi connectivity index (χ0) is 19.6. The minimum Gasteiger partial charge on any atom is -0.491 e. The van der Waals surface area contributed by atoms with Crippen LogP contribution in [0.5, 0.6) is 5.75 Å². The fourth-order valence-corrected chi connectivity index (χ4v) is 3.04. The van der Waals surface area contributed by atoms with Gasteiger partial charge in [0.2, 0.25) is 0 Å². The Kier molecular flexibility index (Phi) is 5.31. The summed E-state index contributed by atoms with van der Waals surface area (Å²) in [6.07, 6.45) is 0.0662. The SMILES string of the molecule is CC(C)Oc1ccc(C2=C(Nc3ccccc3)C(=O)N(C(C)C)C2=O)cc1. The van der Waals surface area contributed by atoms with Crippen LogP contribution in [0.2, 0.25) is 0 Å². The van der Waals surface area contributed by atoms with Crippen molar-refractivity contribution in [3.63, 3.8) is 0 Å². The average molecular weight is 364 g/mol. The summed E-state index contributed by atoms with van der Waals surface area (Å²) in [5.74, 6) is 0.131. The van der Waals surface area contributed by atoms with E-state index < -0.39 is 0 Å². The molecule has 0 aromatic heterocycles. The van der Waals surface area contributed by atoms with Gasteiger partial charge >= 0.3 is 0 Å². The second-order valence-electron chi connectivity index (χ2n) is 7.01. The molecular weight excluding hydrogens is 340 g/mol. The Morgan fingerprint density at radius 2 is 1.48 bits per heavy atom. The summed E-state index contributed by atoms with van der Waals surface area (Å²) in [5.41, 5.74) is 2.13. The third-order valence-electron chi connectivity index (χ3n) is 4.19. The van der Waals surface area contributed by atoms with Crippen LogP contribution in [0.25, 0.3) is 5.57 Å². The van der Waals surface area contributed by atoms with Crippen LogP contribution in [0.15, 0.2) is 60.3 Å². The Labute approximate surface area is 159 Å². The number of benzene rings is 2. The Hall–Kier alpha value is -3.08. The first-order chi connectivity index (χ1) is 12.9. The molecule has 2 amide bonds. The number of anilines is 1. The third-order valence-corrected chi connectivity index (χ3v) is 4.19. The van der Waals surface area contributed by atoms with Crippen LogP contribution in [-0.2, 0) is 9.59 Å². The lowest BCUT2D eigenvalue weighted by Crippen LogP contribution is -2.38. The second kappa shape index (κ2) is 7.66.